The predicted molar refractivity (Wildman–Crippen MR) is 69.6 cm³/mol. The first-order chi connectivity index (χ1) is 8.34. The first-order valence-corrected chi connectivity index (χ1v) is 7.41. The van der Waals surface area contributed by atoms with Gasteiger partial charge in [-0.15, -0.1) is 0 Å². The van der Waals surface area contributed by atoms with Crippen molar-refractivity contribution in [1.82, 2.24) is 4.98 Å². The summed E-state index contributed by atoms with van der Waals surface area (Å²) in [4.78, 5) is 6.16. The van der Waals surface area contributed by atoms with Gasteiger partial charge in [-0.3, -0.25) is 0 Å². The number of rotatable bonds is 4. The summed E-state index contributed by atoms with van der Waals surface area (Å²) in [5.41, 5.74) is 6.02. The van der Waals surface area contributed by atoms with Crippen LogP contribution in [0.1, 0.15) is 19.8 Å². The van der Waals surface area contributed by atoms with Crippen LogP contribution in [-0.4, -0.2) is 32.0 Å². The lowest BCUT2D eigenvalue weighted by Gasteiger charge is -2.48. The molecule has 0 bridgehead atoms. The molecule has 0 saturated carbocycles. The van der Waals surface area contributed by atoms with Gasteiger partial charge in [-0.2, -0.15) is 0 Å². The minimum atomic E-state index is -3.67. The molecule has 1 aliphatic rings. The van der Waals surface area contributed by atoms with Gasteiger partial charge in [0.15, 0.2) is 0 Å². The van der Waals surface area contributed by atoms with Crippen LogP contribution in [-0.2, 0) is 10.0 Å². The van der Waals surface area contributed by atoms with E-state index in [1.165, 1.54) is 12.3 Å². The monoisotopic (exact) mass is 270 g/mol. The highest BCUT2D eigenvalue weighted by Crippen LogP contribution is 2.27. The molecule has 4 N–H and O–H groups in total. The quantitative estimate of drug-likeness (QED) is 0.804. The van der Waals surface area contributed by atoms with Gasteiger partial charge in [0.1, 0.15) is 10.7 Å². The van der Waals surface area contributed by atoms with Gasteiger partial charge in [0, 0.05) is 19.3 Å². The Balaban J connectivity index is 2.05. The average Bonchev–Trinajstić information content (AvgIpc) is 2.25. The van der Waals surface area contributed by atoms with E-state index in [1.807, 2.05) is 4.90 Å². The Hall–Kier alpha value is -1.18. The van der Waals surface area contributed by atoms with E-state index in [2.05, 4.69) is 11.9 Å². The van der Waals surface area contributed by atoms with E-state index in [0.717, 1.165) is 31.7 Å². The second kappa shape index (κ2) is 4.49. The lowest BCUT2D eigenvalue weighted by Crippen LogP contribution is -2.67. The number of hydrogen-bond acceptors (Lipinski definition) is 5. The van der Waals surface area contributed by atoms with Crippen molar-refractivity contribution in [3.8, 4) is 0 Å². The number of primary sulfonamides is 1. The number of anilines is 1. The van der Waals surface area contributed by atoms with Gasteiger partial charge in [-0.25, -0.2) is 18.5 Å². The normalized spacial score (nSPS) is 18.5. The molecule has 0 aliphatic carbocycles. The van der Waals surface area contributed by atoms with Crippen LogP contribution in [0.15, 0.2) is 23.2 Å². The fourth-order valence-corrected chi connectivity index (χ4v) is 2.72. The van der Waals surface area contributed by atoms with E-state index >= 15 is 0 Å². The standard InChI is InChI=1S/C11H18N4O2S/c1-2-5-11(12)7-15(8-11)10-4-3-9(6-14-10)18(13,16)17/h3-4,6H,2,5,7-8,12H2,1H3,(H2,13,16,17). The van der Waals surface area contributed by atoms with Crippen LogP contribution in [0, 0.1) is 0 Å². The molecule has 0 unspecified atom stereocenters. The Morgan fingerprint density at radius 3 is 2.56 bits per heavy atom. The van der Waals surface area contributed by atoms with Crippen LogP contribution >= 0.6 is 0 Å². The van der Waals surface area contributed by atoms with Crippen molar-refractivity contribution < 1.29 is 8.42 Å². The van der Waals surface area contributed by atoms with Crippen LogP contribution < -0.4 is 15.8 Å². The molecule has 0 spiro atoms. The highest BCUT2D eigenvalue weighted by Gasteiger charge is 2.39. The summed E-state index contributed by atoms with van der Waals surface area (Å²) in [6.45, 7) is 3.61. The van der Waals surface area contributed by atoms with E-state index in [4.69, 9.17) is 10.9 Å². The molecular weight excluding hydrogens is 252 g/mol. The summed E-state index contributed by atoms with van der Waals surface area (Å²) in [5.74, 6) is 0.736. The number of sulfonamides is 1. The zero-order valence-corrected chi connectivity index (χ0v) is 11.2. The Morgan fingerprint density at radius 1 is 1.44 bits per heavy atom. The lowest BCUT2D eigenvalue weighted by molar-refractivity contribution is 0.306. The largest absolute Gasteiger partial charge is 0.353 e. The Morgan fingerprint density at radius 2 is 2.11 bits per heavy atom. The van der Waals surface area contributed by atoms with Crippen LogP contribution in [0.5, 0.6) is 0 Å². The topological polar surface area (TPSA) is 102 Å². The van der Waals surface area contributed by atoms with Crippen LogP contribution in [0.25, 0.3) is 0 Å². The fraction of sp³-hybridized carbons (Fsp3) is 0.545. The number of nitrogens with two attached hydrogens (primary N) is 2. The molecule has 18 heavy (non-hydrogen) atoms. The Kier molecular flexibility index (Phi) is 3.31. The molecule has 0 amide bonds. The molecule has 1 aromatic rings. The average molecular weight is 270 g/mol. The fourth-order valence-electron chi connectivity index (χ4n) is 2.26. The lowest BCUT2D eigenvalue weighted by atomic mass is 9.86. The first kappa shape index (κ1) is 13.3. The smallest absolute Gasteiger partial charge is 0.239 e. The number of pyridine rings is 1. The van der Waals surface area contributed by atoms with Crippen LogP contribution in [0.2, 0.25) is 0 Å². The molecule has 0 aromatic carbocycles. The third-order valence-corrected chi connectivity index (χ3v) is 4.03. The maximum absolute atomic E-state index is 11.1. The van der Waals surface area contributed by atoms with Crippen molar-refractivity contribution in [2.75, 3.05) is 18.0 Å². The molecule has 0 radical (unpaired) electrons. The van der Waals surface area contributed by atoms with Crippen molar-refractivity contribution in [2.24, 2.45) is 10.9 Å². The highest BCUT2D eigenvalue weighted by molar-refractivity contribution is 7.89. The van der Waals surface area contributed by atoms with E-state index < -0.39 is 10.0 Å². The summed E-state index contributed by atoms with van der Waals surface area (Å²) < 4.78 is 22.2. The van der Waals surface area contributed by atoms with E-state index in [0.29, 0.717) is 0 Å². The van der Waals surface area contributed by atoms with Gasteiger partial charge >= 0.3 is 0 Å². The van der Waals surface area contributed by atoms with Crippen molar-refractivity contribution in [3.63, 3.8) is 0 Å². The zero-order chi connectivity index (χ0) is 13.4. The molecular formula is C11H18N4O2S. The van der Waals surface area contributed by atoms with Crippen molar-refractivity contribution in [1.29, 1.82) is 0 Å². The van der Waals surface area contributed by atoms with Crippen molar-refractivity contribution >= 4 is 15.8 Å². The van der Waals surface area contributed by atoms with E-state index in [-0.39, 0.29) is 10.4 Å². The summed E-state index contributed by atoms with van der Waals surface area (Å²) in [6.07, 6.45) is 3.32. The van der Waals surface area contributed by atoms with Crippen molar-refractivity contribution in [3.05, 3.63) is 18.3 Å². The Labute approximate surface area is 107 Å². The Bertz CT molecular complexity index is 520. The molecule has 1 saturated heterocycles. The molecule has 1 aliphatic heterocycles. The van der Waals surface area contributed by atoms with Gasteiger partial charge in [0.2, 0.25) is 10.0 Å². The second-order valence-electron chi connectivity index (χ2n) is 4.87. The van der Waals surface area contributed by atoms with Gasteiger partial charge in [-0.05, 0) is 18.6 Å². The van der Waals surface area contributed by atoms with Gasteiger partial charge < -0.3 is 10.6 Å². The minimum Gasteiger partial charge on any atom is -0.353 e. The summed E-state index contributed by atoms with van der Waals surface area (Å²) in [7, 11) is -3.67. The van der Waals surface area contributed by atoms with Gasteiger partial charge in [-0.1, -0.05) is 13.3 Å². The molecule has 2 heterocycles. The van der Waals surface area contributed by atoms with Crippen LogP contribution in [0.4, 0.5) is 5.82 Å². The molecule has 6 nitrogen and oxygen atoms in total. The maximum atomic E-state index is 11.1. The van der Waals surface area contributed by atoms with Gasteiger partial charge in [0.25, 0.3) is 0 Å². The highest BCUT2D eigenvalue weighted by atomic mass is 32.2. The van der Waals surface area contributed by atoms with Crippen LogP contribution in [0.3, 0.4) is 0 Å². The summed E-state index contributed by atoms with van der Waals surface area (Å²) >= 11 is 0. The number of hydrogen-bond donors (Lipinski definition) is 2. The van der Waals surface area contributed by atoms with Gasteiger partial charge in [0.05, 0.1) is 5.54 Å². The SMILES string of the molecule is CCCC1(N)CN(c2ccc(S(N)(=O)=O)cn2)C1. The molecule has 100 valence electrons. The van der Waals surface area contributed by atoms with Crippen molar-refractivity contribution in [2.45, 2.75) is 30.2 Å². The number of aromatic nitrogens is 1. The number of nitrogens with zero attached hydrogens (tertiary/aromatic N) is 2. The summed E-state index contributed by atoms with van der Waals surface area (Å²) in [5, 5.41) is 5.01. The molecule has 1 fully saturated rings. The minimum absolute atomic E-state index is 0.0272. The zero-order valence-electron chi connectivity index (χ0n) is 10.3. The van der Waals surface area contributed by atoms with E-state index in [1.54, 1.807) is 6.07 Å². The molecule has 1 aromatic heterocycles. The van der Waals surface area contributed by atoms with E-state index in [9.17, 15) is 8.42 Å². The molecule has 7 heteroatoms. The predicted octanol–water partition coefficient (Wildman–Crippen LogP) is 0.0466. The first-order valence-electron chi connectivity index (χ1n) is 5.87. The maximum Gasteiger partial charge on any atom is 0.239 e. The third kappa shape index (κ3) is 2.63. The summed E-state index contributed by atoms with van der Waals surface area (Å²) in [6, 6.07) is 3.12. The third-order valence-electron chi connectivity index (χ3n) is 3.13. The second-order valence-corrected chi connectivity index (χ2v) is 6.43. The molecule has 2 rings (SSSR count). The molecule has 0 atom stereocenters.